The molecule has 1 amide bonds. The normalized spacial score (nSPS) is 11.9. The minimum absolute atomic E-state index is 0.0942. The van der Waals surface area contributed by atoms with Gasteiger partial charge in [-0.3, -0.25) is 4.79 Å². The van der Waals surface area contributed by atoms with Gasteiger partial charge in [0.1, 0.15) is 0 Å². The molecular formula is C13H18N2OS. The third-order valence-electron chi connectivity index (χ3n) is 2.78. The Labute approximate surface area is 107 Å². The highest BCUT2D eigenvalue weighted by Crippen LogP contribution is 2.08. The molecule has 0 aliphatic rings. The maximum Gasteiger partial charge on any atom is 0.230 e. The smallest absolute Gasteiger partial charge is 0.230 e. The van der Waals surface area contributed by atoms with Gasteiger partial charge in [-0.05, 0) is 24.5 Å². The maximum absolute atomic E-state index is 11.8. The molecule has 0 aromatic heterocycles. The number of benzene rings is 1. The fraction of sp³-hybridized carbons (Fsp3) is 0.385. The van der Waals surface area contributed by atoms with Crippen molar-refractivity contribution in [2.45, 2.75) is 26.8 Å². The standard InChI is InChI=1S/C13H18N2OS/c1-3-11(12(14)17)13(16)15-8-10-7-5-4-6-9(10)2/h4-7,11H,3,8H2,1-2H3,(H2,14,17)(H,15,16). The second-order valence-electron chi connectivity index (χ2n) is 4.01. The summed E-state index contributed by atoms with van der Waals surface area (Å²) in [6, 6.07) is 7.95. The maximum atomic E-state index is 11.8. The van der Waals surface area contributed by atoms with Gasteiger partial charge < -0.3 is 11.1 Å². The van der Waals surface area contributed by atoms with Crippen LogP contribution in [0.1, 0.15) is 24.5 Å². The number of amides is 1. The van der Waals surface area contributed by atoms with Crippen molar-refractivity contribution < 1.29 is 4.79 Å². The Morgan fingerprint density at radius 1 is 1.47 bits per heavy atom. The second kappa shape index (κ2) is 6.35. The fourth-order valence-electron chi connectivity index (χ4n) is 1.63. The summed E-state index contributed by atoms with van der Waals surface area (Å²) in [5.74, 6) is -0.461. The Balaban J connectivity index is 2.59. The van der Waals surface area contributed by atoms with Crippen LogP contribution in [0.5, 0.6) is 0 Å². The summed E-state index contributed by atoms with van der Waals surface area (Å²) in [4.78, 5) is 12.1. The Morgan fingerprint density at radius 2 is 2.12 bits per heavy atom. The van der Waals surface area contributed by atoms with E-state index in [-0.39, 0.29) is 16.8 Å². The van der Waals surface area contributed by atoms with Gasteiger partial charge in [0.15, 0.2) is 0 Å². The van der Waals surface area contributed by atoms with Crippen molar-refractivity contribution in [2.24, 2.45) is 11.7 Å². The van der Waals surface area contributed by atoms with E-state index in [1.54, 1.807) is 0 Å². The summed E-state index contributed by atoms with van der Waals surface area (Å²) in [6.45, 7) is 4.44. The molecule has 3 nitrogen and oxygen atoms in total. The topological polar surface area (TPSA) is 55.1 Å². The molecule has 0 aliphatic carbocycles. The van der Waals surface area contributed by atoms with Crippen LogP contribution in [0, 0.1) is 12.8 Å². The molecule has 0 spiro atoms. The minimum Gasteiger partial charge on any atom is -0.393 e. The Morgan fingerprint density at radius 3 is 2.65 bits per heavy atom. The van der Waals surface area contributed by atoms with Crippen LogP contribution in [0.3, 0.4) is 0 Å². The van der Waals surface area contributed by atoms with Crippen molar-refractivity contribution in [3.05, 3.63) is 35.4 Å². The zero-order valence-corrected chi connectivity index (χ0v) is 11.0. The van der Waals surface area contributed by atoms with E-state index in [1.165, 1.54) is 0 Å². The summed E-state index contributed by atoms with van der Waals surface area (Å²) >= 11 is 4.87. The molecule has 92 valence electrons. The van der Waals surface area contributed by atoms with Crippen LogP contribution in [-0.4, -0.2) is 10.9 Å². The van der Waals surface area contributed by atoms with E-state index in [9.17, 15) is 4.79 Å². The molecule has 0 radical (unpaired) electrons. The van der Waals surface area contributed by atoms with Gasteiger partial charge in [-0.25, -0.2) is 0 Å². The molecule has 1 aromatic carbocycles. The predicted molar refractivity (Wildman–Crippen MR) is 73.6 cm³/mol. The first-order valence-corrected chi connectivity index (χ1v) is 6.08. The molecule has 1 atom stereocenters. The number of hydrogen-bond acceptors (Lipinski definition) is 2. The van der Waals surface area contributed by atoms with E-state index in [2.05, 4.69) is 5.32 Å². The molecule has 1 aromatic rings. The lowest BCUT2D eigenvalue weighted by Crippen LogP contribution is -2.37. The average molecular weight is 250 g/mol. The number of rotatable bonds is 5. The molecule has 0 bridgehead atoms. The Bertz CT molecular complexity index is 418. The van der Waals surface area contributed by atoms with Crippen LogP contribution in [0.15, 0.2) is 24.3 Å². The summed E-state index contributed by atoms with van der Waals surface area (Å²) < 4.78 is 0. The largest absolute Gasteiger partial charge is 0.393 e. The number of carbonyl (C=O) groups is 1. The van der Waals surface area contributed by atoms with Crippen molar-refractivity contribution in [1.82, 2.24) is 5.32 Å². The summed E-state index contributed by atoms with van der Waals surface area (Å²) in [7, 11) is 0. The zero-order chi connectivity index (χ0) is 12.8. The first kappa shape index (κ1) is 13.6. The molecule has 17 heavy (non-hydrogen) atoms. The molecule has 3 N–H and O–H groups in total. The molecule has 1 unspecified atom stereocenters. The number of hydrogen-bond donors (Lipinski definition) is 2. The predicted octanol–water partition coefficient (Wildman–Crippen LogP) is 1.92. The van der Waals surface area contributed by atoms with Gasteiger partial charge in [0.2, 0.25) is 5.91 Å². The summed E-state index contributed by atoms with van der Waals surface area (Å²) in [5.41, 5.74) is 7.79. The van der Waals surface area contributed by atoms with Gasteiger partial charge in [0.05, 0.1) is 10.9 Å². The first-order chi connectivity index (χ1) is 8.06. The zero-order valence-electron chi connectivity index (χ0n) is 10.2. The average Bonchev–Trinajstić information content (AvgIpc) is 2.28. The van der Waals surface area contributed by atoms with Crippen molar-refractivity contribution in [3.63, 3.8) is 0 Å². The van der Waals surface area contributed by atoms with E-state index in [0.717, 1.165) is 11.1 Å². The Kier molecular flexibility index (Phi) is 5.10. The van der Waals surface area contributed by atoms with Gasteiger partial charge in [-0.2, -0.15) is 0 Å². The van der Waals surface area contributed by atoms with Crippen LogP contribution < -0.4 is 11.1 Å². The Hall–Kier alpha value is -1.42. The van der Waals surface area contributed by atoms with Crippen LogP contribution >= 0.6 is 12.2 Å². The molecule has 0 saturated heterocycles. The lowest BCUT2D eigenvalue weighted by Gasteiger charge is -2.14. The lowest BCUT2D eigenvalue weighted by molar-refractivity contribution is -0.123. The number of thiocarbonyl (C=S) groups is 1. The number of nitrogens with one attached hydrogen (secondary N) is 1. The quantitative estimate of drug-likeness (QED) is 0.785. The van der Waals surface area contributed by atoms with Crippen LogP contribution in [0.2, 0.25) is 0 Å². The van der Waals surface area contributed by atoms with Crippen molar-refractivity contribution in [1.29, 1.82) is 0 Å². The summed E-state index contributed by atoms with van der Waals surface area (Å²) in [5, 5.41) is 2.87. The van der Waals surface area contributed by atoms with Gasteiger partial charge in [-0.1, -0.05) is 43.4 Å². The molecule has 0 fully saturated rings. The lowest BCUT2D eigenvalue weighted by atomic mass is 10.1. The van der Waals surface area contributed by atoms with Crippen LogP contribution in [-0.2, 0) is 11.3 Å². The molecule has 0 aliphatic heterocycles. The highest BCUT2D eigenvalue weighted by atomic mass is 32.1. The number of aryl methyl sites for hydroxylation is 1. The molecule has 0 heterocycles. The molecule has 1 rings (SSSR count). The molecule has 4 heteroatoms. The highest BCUT2D eigenvalue weighted by molar-refractivity contribution is 7.80. The second-order valence-corrected chi connectivity index (χ2v) is 4.48. The van der Waals surface area contributed by atoms with E-state index in [0.29, 0.717) is 13.0 Å². The van der Waals surface area contributed by atoms with Crippen molar-refractivity contribution in [2.75, 3.05) is 0 Å². The van der Waals surface area contributed by atoms with Crippen LogP contribution in [0.25, 0.3) is 0 Å². The van der Waals surface area contributed by atoms with Gasteiger partial charge in [0.25, 0.3) is 0 Å². The van der Waals surface area contributed by atoms with Crippen molar-refractivity contribution >= 4 is 23.1 Å². The van der Waals surface area contributed by atoms with E-state index < -0.39 is 0 Å². The molecular weight excluding hydrogens is 232 g/mol. The highest BCUT2D eigenvalue weighted by Gasteiger charge is 2.18. The van der Waals surface area contributed by atoms with Crippen molar-refractivity contribution in [3.8, 4) is 0 Å². The third kappa shape index (κ3) is 3.82. The number of carbonyl (C=O) groups excluding carboxylic acids is 1. The van der Waals surface area contributed by atoms with E-state index in [1.807, 2.05) is 38.1 Å². The van der Waals surface area contributed by atoms with E-state index >= 15 is 0 Å². The van der Waals surface area contributed by atoms with Crippen LogP contribution in [0.4, 0.5) is 0 Å². The van der Waals surface area contributed by atoms with Gasteiger partial charge in [-0.15, -0.1) is 0 Å². The minimum atomic E-state index is -0.367. The van der Waals surface area contributed by atoms with E-state index in [4.69, 9.17) is 18.0 Å². The monoisotopic (exact) mass is 250 g/mol. The van der Waals surface area contributed by atoms with Gasteiger partial charge >= 0.3 is 0 Å². The number of nitrogens with two attached hydrogens (primary N) is 1. The molecule has 0 saturated carbocycles. The SMILES string of the molecule is CCC(C(=O)NCc1ccccc1C)C(N)=S. The third-order valence-corrected chi connectivity index (χ3v) is 3.07. The van der Waals surface area contributed by atoms with Gasteiger partial charge in [0, 0.05) is 6.54 Å². The fourth-order valence-corrected chi connectivity index (χ4v) is 1.90. The first-order valence-electron chi connectivity index (χ1n) is 5.67. The summed E-state index contributed by atoms with van der Waals surface area (Å²) in [6.07, 6.45) is 0.634.